The van der Waals surface area contributed by atoms with Crippen molar-refractivity contribution >= 4 is 5.84 Å². The molecule has 0 fully saturated rings. The van der Waals surface area contributed by atoms with E-state index in [1.807, 2.05) is 30.3 Å². The van der Waals surface area contributed by atoms with Crippen LogP contribution in [0.3, 0.4) is 0 Å². The number of rotatable bonds is 9. The Morgan fingerprint density at radius 2 is 1.78 bits per heavy atom. The molecule has 0 unspecified atom stereocenters. The number of unbranched alkanes of at least 4 members (excludes halogenated alkanes) is 1. The lowest BCUT2D eigenvalue weighted by atomic mass is 10.0. The number of ether oxygens (including phenoxy) is 1. The van der Waals surface area contributed by atoms with Gasteiger partial charge in [-0.1, -0.05) is 74.5 Å². The van der Waals surface area contributed by atoms with Gasteiger partial charge in [-0.25, -0.2) is 4.99 Å². The molecular weight excluding hydrogens is 336 g/mol. The second kappa shape index (κ2) is 10.7. The summed E-state index contributed by atoms with van der Waals surface area (Å²) in [4.78, 5) is 4.20. The predicted octanol–water partition coefficient (Wildman–Crippen LogP) is 3.89. The molecule has 0 heterocycles. The number of hydrogen-bond acceptors (Lipinski definition) is 4. The van der Waals surface area contributed by atoms with E-state index in [-0.39, 0.29) is 5.82 Å². The molecule has 0 saturated carbocycles. The molecule has 5 N–H and O–H groups in total. The van der Waals surface area contributed by atoms with Gasteiger partial charge in [0.05, 0.1) is 0 Å². The van der Waals surface area contributed by atoms with Gasteiger partial charge in [0.25, 0.3) is 0 Å². The van der Waals surface area contributed by atoms with E-state index in [0.29, 0.717) is 18.2 Å². The fraction of sp³-hybridized carbons (Fsp3) is 0.227. The van der Waals surface area contributed by atoms with E-state index >= 15 is 0 Å². The summed E-state index contributed by atoms with van der Waals surface area (Å²) in [7, 11) is 0. The van der Waals surface area contributed by atoms with Gasteiger partial charge in [-0.05, 0) is 23.1 Å². The molecule has 0 aliphatic carbocycles. The highest BCUT2D eigenvalue weighted by atomic mass is 16.5. The highest BCUT2D eigenvalue weighted by Gasteiger charge is 2.09. The second-order valence-corrected chi connectivity index (χ2v) is 6.11. The van der Waals surface area contributed by atoms with E-state index < -0.39 is 0 Å². The molecule has 2 aromatic carbocycles. The van der Waals surface area contributed by atoms with Crippen molar-refractivity contribution in [3.63, 3.8) is 0 Å². The highest BCUT2D eigenvalue weighted by Crippen LogP contribution is 2.19. The van der Waals surface area contributed by atoms with Crippen LogP contribution in [0.25, 0.3) is 11.1 Å². The Morgan fingerprint density at radius 1 is 1.11 bits per heavy atom. The molecule has 0 spiro atoms. The van der Waals surface area contributed by atoms with Crippen LogP contribution in [0.2, 0.25) is 0 Å². The predicted molar refractivity (Wildman–Crippen MR) is 113 cm³/mol. The third kappa shape index (κ3) is 6.55. The molecule has 0 radical (unpaired) electrons. The number of hydrogen-bond donors (Lipinski definition) is 3. The van der Waals surface area contributed by atoms with Gasteiger partial charge >= 0.3 is 0 Å². The average Bonchev–Trinajstić information content (AvgIpc) is 2.69. The zero-order valence-corrected chi connectivity index (χ0v) is 15.8. The Kier molecular flexibility index (Phi) is 7.97. The van der Waals surface area contributed by atoms with Crippen molar-refractivity contribution in [3.05, 3.63) is 84.5 Å². The lowest BCUT2D eigenvalue weighted by Crippen LogP contribution is -2.28. The van der Waals surface area contributed by atoms with Crippen LogP contribution in [-0.4, -0.2) is 12.4 Å². The van der Waals surface area contributed by atoms with Crippen molar-refractivity contribution in [3.8, 4) is 11.1 Å². The molecule has 142 valence electrons. The summed E-state index contributed by atoms with van der Waals surface area (Å²) in [5, 5.41) is 3.21. The normalized spacial score (nSPS) is 11.9. The fourth-order valence-electron chi connectivity index (χ4n) is 2.49. The van der Waals surface area contributed by atoms with E-state index in [2.05, 4.69) is 48.1 Å². The van der Waals surface area contributed by atoms with Crippen LogP contribution < -0.4 is 16.8 Å². The molecule has 2 aromatic rings. The van der Waals surface area contributed by atoms with Gasteiger partial charge in [0.1, 0.15) is 12.4 Å². The van der Waals surface area contributed by atoms with Gasteiger partial charge in [-0.3, -0.25) is 0 Å². The summed E-state index contributed by atoms with van der Waals surface area (Å²) in [6.45, 7) is 6.88. The van der Waals surface area contributed by atoms with Crippen molar-refractivity contribution in [1.29, 1.82) is 0 Å². The topological polar surface area (TPSA) is 85.7 Å². The molecule has 0 aliphatic rings. The van der Waals surface area contributed by atoms with Crippen LogP contribution in [-0.2, 0) is 11.3 Å². The Balaban J connectivity index is 2.02. The Bertz CT molecular complexity index is 780. The summed E-state index contributed by atoms with van der Waals surface area (Å²) in [6, 6.07) is 18.5. The maximum Gasteiger partial charge on any atom is 0.177 e. The number of nitrogens with one attached hydrogen (secondary N) is 1. The van der Waals surface area contributed by atoms with Gasteiger partial charge in [0.2, 0.25) is 0 Å². The Hall–Kier alpha value is -3.21. The summed E-state index contributed by atoms with van der Waals surface area (Å²) in [5.41, 5.74) is 14.7. The lowest BCUT2D eigenvalue weighted by Gasteiger charge is -2.14. The molecule has 0 aromatic heterocycles. The van der Waals surface area contributed by atoms with Crippen LogP contribution in [0.15, 0.2) is 83.9 Å². The van der Waals surface area contributed by atoms with Crippen molar-refractivity contribution < 1.29 is 4.74 Å². The van der Waals surface area contributed by atoms with Crippen LogP contribution in [0, 0.1) is 0 Å². The van der Waals surface area contributed by atoms with E-state index in [9.17, 15) is 0 Å². The first-order valence-corrected chi connectivity index (χ1v) is 9.10. The summed E-state index contributed by atoms with van der Waals surface area (Å²) >= 11 is 0. The third-order valence-electron chi connectivity index (χ3n) is 3.92. The number of nitrogens with two attached hydrogens (primary N) is 2. The molecule has 5 heteroatoms. The molecule has 0 bridgehead atoms. The van der Waals surface area contributed by atoms with Gasteiger partial charge in [0, 0.05) is 12.7 Å². The van der Waals surface area contributed by atoms with Crippen molar-refractivity contribution in [1.82, 2.24) is 5.32 Å². The molecule has 27 heavy (non-hydrogen) atoms. The van der Waals surface area contributed by atoms with Crippen LogP contribution in [0.4, 0.5) is 0 Å². The number of amidine groups is 1. The first-order valence-electron chi connectivity index (χ1n) is 9.10. The minimum Gasteiger partial charge on any atom is -0.484 e. The number of nitrogens with zero attached hydrogens (tertiary/aromatic N) is 1. The van der Waals surface area contributed by atoms with E-state index in [1.54, 1.807) is 0 Å². The lowest BCUT2D eigenvalue weighted by molar-refractivity contribution is 0.215. The minimum atomic E-state index is 0.198. The Labute approximate surface area is 161 Å². The number of aliphatic imine (C=N–C) groups is 1. The van der Waals surface area contributed by atoms with E-state index in [1.165, 1.54) is 11.8 Å². The molecule has 5 nitrogen and oxygen atoms in total. The van der Waals surface area contributed by atoms with Gasteiger partial charge in [-0.15, -0.1) is 0 Å². The van der Waals surface area contributed by atoms with E-state index in [0.717, 1.165) is 30.5 Å². The van der Waals surface area contributed by atoms with Gasteiger partial charge in [-0.2, -0.15) is 0 Å². The molecule has 0 saturated heterocycles. The maximum atomic E-state index is 5.86. The standard InChI is InChI=1S/C22H28N4O/c1-3-4-14-25-22(26-17(2)24)21(15-23)27-16-18-10-12-20(13-11-18)19-8-6-5-7-9-19/h5-13,15H,2-4,14,16,23-24H2,1H3,(H,25,26)/b21-15+. The second-order valence-electron chi connectivity index (χ2n) is 6.11. The fourth-order valence-corrected chi connectivity index (χ4v) is 2.49. The molecule has 0 aliphatic heterocycles. The quantitative estimate of drug-likeness (QED) is 0.273. The minimum absolute atomic E-state index is 0.198. The maximum absolute atomic E-state index is 5.86. The summed E-state index contributed by atoms with van der Waals surface area (Å²) in [6.07, 6.45) is 3.47. The zero-order chi connectivity index (χ0) is 19.5. The van der Waals surface area contributed by atoms with Crippen molar-refractivity contribution in [2.24, 2.45) is 16.5 Å². The van der Waals surface area contributed by atoms with Crippen molar-refractivity contribution in [2.45, 2.75) is 26.4 Å². The SMILES string of the molecule is C=C(N)/N=C(NCCCC)\C(=C/N)OCc1ccc(-c2ccccc2)cc1. The smallest absolute Gasteiger partial charge is 0.177 e. The van der Waals surface area contributed by atoms with Crippen molar-refractivity contribution in [2.75, 3.05) is 6.54 Å². The first kappa shape index (κ1) is 20.1. The Morgan fingerprint density at radius 3 is 2.37 bits per heavy atom. The zero-order valence-electron chi connectivity index (χ0n) is 15.8. The first-order chi connectivity index (χ1) is 13.1. The summed E-state index contributed by atoms with van der Waals surface area (Å²) < 4.78 is 5.86. The molecule has 0 atom stereocenters. The van der Waals surface area contributed by atoms with Crippen LogP contribution in [0.1, 0.15) is 25.3 Å². The van der Waals surface area contributed by atoms with Crippen LogP contribution in [0.5, 0.6) is 0 Å². The summed E-state index contributed by atoms with van der Waals surface area (Å²) in [5.74, 6) is 1.15. The van der Waals surface area contributed by atoms with Gasteiger partial charge in [0.15, 0.2) is 11.6 Å². The largest absolute Gasteiger partial charge is 0.484 e. The highest BCUT2D eigenvalue weighted by molar-refractivity contribution is 5.97. The average molecular weight is 364 g/mol. The number of benzene rings is 2. The monoisotopic (exact) mass is 364 g/mol. The van der Waals surface area contributed by atoms with Gasteiger partial charge < -0.3 is 21.5 Å². The van der Waals surface area contributed by atoms with Crippen LogP contribution >= 0.6 is 0 Å². The molecular formula is C22H28N4O. The molecule has 0 amide bonds. The third-order valence-corrected chi connectivity index (χ3v) is 3.92. The molecule has 2 rings (SSSR count). The van der Waals surface area contributed by atoms with E-state index in [4.69, 9.17) is 16.2 Å².